The van der Waals surface area contributed by atoms with Crippen LogP contribution in [0.4, 0.5) is 4.39 Å². The third kappa shape index (κ3) is 2.44. The maximum atomic E-state index is 13.0. The van der Waals surface area contributed by atoms with Crippen LogP contribution in [0.5, 0.6) is 5.75 Å². The van der Waals surface area contributed by atoms with E-state index in [1.807, 2.05) is 6.07 Å². The van der Waals surface area contributed by atoms with Gasteiger partial charge >= 0.3 is 0 Å². The van der Waals surface area contributed by atoms with Gasteiger partial charge in [0.1, 0.15) is 11.6 Å². The topological polar surface area (TPSA) is 12.5 Å². The number of hydrogen-bond donors (Lipinski definition) is 0. The number of piperidine rings is 3. The highest BCUT2D eigenvalue weighted by molar-refractivity contribution is 5.22. The van der Waals surface area contributed by atoms with E-state index in [2.05, 4.69) is 4.90 Å². The minimum absolute atomic E-state index is 0.226. The van der Waals surface area contributed by atoms with Gasteiger partial charge in [-0.25, -0.2) is 4.39 Å². The van der Waals surface area contributed by atoms with Crippen LogP contribution in [-0.4, -0.2) is 31.1 Å². The lowest BCUT2D eigenvalue weighted by atomic mass is 9.79. The fraction of sp³-hybridized carbons (Fsp3) is 0.571. The highest BCUT2D eigenvalue weighted by Gasteiger charge is 2.34. The summed E-state index contributed by atoms with van der Waals surface area (Å²) in [4.78, 5) is 2.51. The summed E-state index contributed by atoms with van der Waals surface area (Å²) in [6.07, 6.45) is 2.61. The van der Waals surface area contributed by atoms with Crippen molar-refractivity contribution in [2.45, 2.75) is 12.8 Å². The van der Waals surface area contributed by atoms with Crippen LogP contribution in [0.1, 0.15) is 12.8 Å². The Balaban J connectivity index is 1.57. The van der Waals surface area contributed by atoms with Crippen LogP contribution in [0, 0.1) is 17.7 Å². The number of halogens is 1. The molecule has 92 valence electrons. The molecular weight excluding hydrogens is 217 g/mol. The van der Waals surface area contributed by atoms with Crippen LogP contribution in [0.25, 0.3) is 0 Å². The summed E-state index contributed by atoms with van der Waals surface area (Å²) in [7, 11) is 0. The Labute approximate surface area is 101 Å². The summed E-state index contributed by atoms with van der Waals surface area (Å²) in [5.74, 6) is 1.87. The van der Waals surface area contributed by atoms with Crippen LogP contribution in [0.15, 0.2) is 24.3 Å². The molecule has 17 heavy (non-hydrogen) atoms. The van der Waals surface area contributed by atoms with E-state index in [0.717, 1.165) is 19.1 Å². The molecule has 0 spiro atoms. The highest BCUT2D eigenvalue weighted by Crippen LogP contribution is 2.32. The molecule has 2 nitrogen and oxygen atoms in total. The van der Waals surface area contributed by atoms with Crippen molar-refractivity contribution in [2.24, 2.45) is 11.8 Å². The minimum atomic E-state index is -0.226. The van der Waals surface area contributed by atoms with Gasteiger partial charge in [-0.3, -0.25) is 0 Å². The third-order valence-corrected chi connectivity index (χ3v) is 4.05. The zero-order chi connectivity index (χ0) is 11.7. The standard InChI is InChI=1S/C14H18FNO/c15-13-2-1-3-14(8-13)17-10-12-9-16-6-4-11(12)5-7-16/h1-3,8,11-12H,4-7,9-10H2. The number of nitrogens with zero attached hydrogens (tertiary/aromatic N) is 1. The average molecular weight is 235 g/mol. The van der Waals surface area contributed by atoms with Gasteiger partial charge in [0.25, 0.3) is 0 Å². The fourth-order valence-corrected chi connectivity index (χ4v) is 3.04. The molecule has 1 atom stereocenters. The van der Waals surface area contributed by atoms with Gasteiger partial charge in [-0.1, -0.05) is 6.07 Å². The Morgan fingerprint density at radius 1 is 1.29 bits per heavy atom. The molecule has 1 aromatic rings. The first-order chi connectivity index (χ1) is 8.31. The van der Waals surface area contributed by atoms with E-state index in [1.165, 1.54) is 38.1 Å². The molecule has 4 rings (SSSR count). The number of rotatable bonds is 3. The molecule has 1 unspecified atom stereocenters. The van der Waals surface area contributed by atoms with Crippen LogP contribution in [0.3, 0.4) is 0 Å². The maximum absolute atomic E-state index is 13.0. The predicted octanol–water partition coefficient (Wildman–Crippen LogP) is 2.55. The van der Waals surface area contributed by atoms with Crippen molar-refractivity contribution in [1.29, 1.82) is 0 Å². The van der Waals surface area contributed by atoms with Crippen molar-refractivity contribution in [3.05, 3.63) is 30.1 Å². The molecule has 0 N–H and O–H groups in total. The van der Waals surface area contributed by atoms with Gasteiger partial charge < -0.3 is 9.64 Å². The molecule has 0 amide bonds. The summed E-state index contributed by atoms with van der Waals surface area (Å²) < 4.78 is 18.7. The zero-order valence-electron chi connectivity index (χ0n) is 9.94. The molecule has 3 saturated heterocycles. The van der Waals surface area contributed by atoms with E-state index >= 15 is 0 Å². The van der Waals surface area contributed by atoms with Crippen molar-refractivity contribution in [3.63, 3.8) is 0 Å². The summed E-state index contributed by atoms with van der Waals surface area (Å²) in [6, 6.07) is 6.42. The monoisotopic (exact) mass is 235 g/mol. The lowest BCUT2D eigenvalue weighted by molar-refractivity contribution is 0.0256. The molecule has 0 aromatic heterocycles. The average Bonchev–Trinajstić information content (AvgIpc) is 2.38. The molecule has 1 aromatic carbocycles. The SMILES string of the molecule is Fc1cccc(OCC2CN3CCC2CC3)c1. The Morgan fingerprint density at radius 3 is 2.76 bits per heavy atom. The largest absolute Gasteiger partial charge is 0.493 e. The second-order valence-corrected chi connectivity index (χ2v) is 5.17. The van der Waals surface area contributed by atoms with E-state index < -0.39 is 0 Å². The molecular formula is C14H18FNO. The van der Waals surface area contributed by atoms with Crippen LogP contribution < -0.4 is 4.74 Å². The van der Waals surface area contributed by atoms with Crippen LogP contribution in [0.2, 0.25) is 0 Å². The molecule has 3 aliphatic heterocycles. The number of ether oxygens (including phenoxy) is 1. The molecule has 0 aliphatic carbocycles. The molecule has 3 aliphatic rings. The quantitative estimate of drug-likeness (QED) is 0.798. The Morgan fingerprint density at radius 2 is 2.12 bits per heavy atom. The van der Waals surface area contributed by atoms with Gasteiger partial charge in [-0.05, 0) is 44.0 Å². The molecule has 3 heterocycles. The lowest BCUT2D eigenvalue weighted by Crippen LogP contribution is -2.49. The number of hydrogen-bond acceptors (Lipinski definition) is 2. The van der Waals surface area contributed by atoms with Gasteiger partial charge in [0.2, 0.25) is 0 Å². The Kier molecular flexibility index (Phi) is 3.02. The predicted molar refractivity (Wildman–Crippen MR) is 64.5 cm³/mol. The second-order valence-electron chi connectivity index (χ2n) is 5.17. The second kappa shape index (κ2) is 4.65. The zero-order valence-corrected chi connectivity index (χ0v) is 9.94. The van der Waals surface area contributed by atoms with E-state index in [9.17, 15) is 4.39 Å². The smallest absolute Gasteiger partial charge is 0.126 e. The number of fused-ring (bicyclic) bond motifs is 3. The van der Waals surface area contributed by atoms with Crippen molar-refractivity contribution >= 4 is 0 Å². The Hall–Kier alpha value is -1.09. The van der Waals surface area contributed by atoms with Gasteiger partial charge in [0, 0.05) is 18.5 Å². The highest BCUT2D eigenvalue weighted by atomic mass is 19.1. The van der Waals surface area contributed by atoms with Gasteiger partial charge in [-0.15, -0.1) is 0 Å². The van der Waals surface area contributed by atoms with E-state index in [4.69, 9.17) is 4.74 Å². The van der Waals surface area contributed by atoms with Gasteiger partial charge in [0.15, 0.2) is 0 Å². The third-order valence-electron chi connectivity index (χ3n) is 4.05. The first kappa shape index (κ1) is 11.0. The minimum Gasteiger partial charge on any atom is -0.493 e. The van der Waals surface area contributed by atoms with Crippen molar-refractivity contribution in [3.8, 4) is 5.75 Å². The normalized spacial score (nSPS) is 31.5. The summed E-state index contributed by atoms with van der Waals surface area (Å²) in [5, 5.41) is 0. The van der Waals surface area contributed by atoms with Crippen molar-refractivity contribution in [2.75, 3.05) is 26.2 Å². The number of benzene rings is 1. The van der Waals surface area contributed by atoms with Gasteiger partial charge in [0.05, 0.1) is 6.61 Å². The summed E-state index contributed by atoms with van der Waals surface area (Å²) in [6.45, 7) is 4.38. The fourth-order valence-electron chi connectivity index (χ4n) is 3.04. The molecule has 3 fully saturated rings. The Bertz CT molecular complexity index is 388. The van der Waals surface area contributed by atoms with E-state index in [0.29, 0.717) is 11.7 Å². The lowest BCUT2D eigenvalue weighted by Gasteiger charge is -2.44. The summed E-state index contributed by atoms with van der Waals surface area (Å²) >= 11 is 0. The van der Waals surface area contributed by atoms with Crippen LogP contribution >= 0.6 is 0 Å². The van der Waals surface area contributed by atoms with E-state index in [1.54, 1.807) is 6.07 Å². The maximum Gasteiger partial charge on any atom is 0.126 e. The summed E-state index contributed by atoms with van der Waals surface area (Å²) in [5.41, 5.74) is 0. The molecule has 0 saturated carbocycles. The molecule has 3 heteroatoms. The van der Waals surface area contributed by atoms with Gasteiger partial charge in [-0.2, -0.15) is 0 Å². The molecule has 2 bridgehead atoms. The first-order valence-corrected chi connectivity index (χ1v) is 6.42. The van der Waals surface area contributed by atoms with Crippen molar-refractivity contribution in [1.82, 2.24) is 4.90 Å². The van der Waals surface area contributed by atoms with Crippen molar-refractivity contribution < 1.29 is 9.13 Å². The van der Waals surface area contributed by atoms with Crippen LogP contribution in [-0.2, 0) is 0 Å². The first-order valence-electron chi connectivity index (χ1n) is 6.42. The molecule has 0 radical (unpaired) electrons. The van der Waals surface area contributed by atoms with E-state index in [-0.39, 0.29) is 5.82 Å².